The molecule has 3 rings (SSSR count). The lowest BCUT2D eigenvalue weighted by molar-refractivity contribution is 0.289. The zero-order chi connectivity index (χ0) is 11.0. The van der Waals surface area contributed by atoms with Gasteiger partial charge in [0, 0.05) is 19.5 Å². The van der Waals surface area contributed by atoms with E-state index in [0.29, 0.717) is 0 Å². The highest BCUT2D eigenvalue weighted by Gasteiger charge is 2.36. The largest absolute Gasteiger partial charge is 0.339 e. The number of hydrogen-bond donors (Lipinski definition) is 1. The van der Waals surface area contributed by atoms with Crippen LogP contribution in [0.5, 0.6) is 0 Å². The van der Waals surface area contributed by atoms with E-state index in [-0.39, 0.29) is 0 Å². The molecule has 2 aliphatic heterocycles. The van der Waals surface area contributed by atoms with E-state index in [1.165, 1.54) is 26.2 Å². The summed E-state index contributed by atoms with van der Waals surface area (Å²) in [5, 5.41) is 7.45. The first-order chi connectivity index (χ1) is 7.85. The fraction of sp³-hybridized carbons (Fsp3) is 0.818. The number of likely N-dealkylation sites (tertiary alicyclic amines) is 1. The molecule has 0 saturated carbocycles. The van der Waals surface area contributed by atoms with E-state index >= 15 is 0 Å². The smallest absolute Gasteiger partial charge is 0.226 e. The molecule has 2 aliphatic rings. The average molecular weight is 222 g/mol. The SMILES string of the molecule is CCc1nc(CN2C[C@@H]3CNC[C@H]3C2)no1. The summed E-state index contributed by atoms with van der Waals surface area (Å²) in [6.07, 6.45) is 0.822. The fourth-order valence-electron chi connectivity index (χ4n) is 2.78. The van der Waals surface area contributed by atoms with E-state index in [9.17, 15) is 0 Å². The third kappa shape index (κ3) is 1.85. The molecule has 0 bridgehead atoms. The molecule has 2 saturated heterocycles. The molecule has 3 heterocycles. The van der Waals surface area contributed by atoms with Crippen LogP contribution in [0.2, 0.25) is 0 Å². The molecule has 1 aromatic rings. The number of nitrogens with zero attached hydrogens (tertiary/aromatic N) is 3. The Morgan fingerprint density at radius 3 is 2.75 bits per heavy atom. The van der Waals surface area contributed by atoms with Gasteiger partial charge in [0.05, 0.1) is 6.54 Å². The Kier molecular flexibility index (Phi) is 2.65. The molecule has 1 aromatic heterocycles. The summed E-state index contributed by atoms with van der Waals surface area (Å²) in [7, 11) is 0. The number of nitrogens with one attached hydrogen (secondary N) is 1. The maximum atomic E-state index is 5.12. The lowest BCUT2D eigenvalue weighted by Gasteiger charge is -2.13. The molecule has 2 fully saturated rings. The van der Waals surface area contributed by atoms with E-state index in [1.807, 2.05) is 6.92 Å². The molecule has 2 atom stereocenters. The van der Waals surface area contributed by atoms with E-state index in [4.69, 9.17) is 4.52 Å². The molecule has 0 unspecified atom stereocenters. The normalized spacial score (nSPS) is 29.8. The van der Waals surface area contributed by atoms with Gasteiger partial charge in [0.1, 0.15) is 0 Å². The van der Waals surface area contributed by atoms with Crippen LogP contribution < -0.4 is 5.32 Å². The average Bonchev–Trinajstić information content (AvgIpc) is 2.92. The third-order valence-electron chi connectivity index (χ3n) is 3.64. The molecule has 88 valence electrons. The second-order valence-electron chi connectivity index (χ2n) is 4.83. The predicted octanol–water partition coefficient (Wildman–Crippen LogP) is 0.283. The van der Waals surface area contributed by atoms with Crippen LogP contribution in [0.4, 0.5) is 0 Å². The first-order valence-corrected chi connectivity index (χ1v) is 6.09. The van der Waals surface area contributed by atoms with Crippen LogP contribution in [-0.4, -0.2) is 41.2 Å². The molecule has 16 heavy (non-hydrogen) atoms. The highest BCUT2D eigenvalue weighted by atomic mass is 16.5. The maximum Gasteiger partial charge on any atom is 0.226 e. The first-order valence-electron chi connectivity index (χ1n) is 6.09. The lowest BCUT2D eigenvalue weighted by atomic mass is 10.0. The summed E-state index contributed by atoms with van der Waals surface area (Å²) >= 11 is 0. The van der Waals surface area contributed by atoms with E-state index < -0.39 is 0 Å². The number of rotatable bonds is 3. The van der Waals surface area contributed by atoms with Gasteiger partial charge >= 0.3 is 0 Å². The predicted molar refractivity (Wildman–Crippen MR) is 58.8 cm³/mol. The second kappa shape index (κ2) is 4.14. The van der Waals surface area contributed by atoms with Crippen LogP contribution in [0.3, 0.4) is 0 Å². The number of aromatic nitrogens is 2. The molecule has 0 amide bonds. The van der Waals surface area contributed by atoms with Crippen LogP contribution in [0.15, 0.2) is 4.52 Å². The summed E-state index contributed by atoms with van der Waals surface area (Å²) in [4.78, 5) is 6.80. The van der Waals surface area contributed by atoms with Crippen molar-refractivity contribution in [3.63, 3.8) is 0 Å². The Morgan fingerprint density at radius 2 is 2.12 bits per heavy atom. The van der Waals surface area contributed by atoms with Gasteiger partial charge in [0.25, 0.3) is 0 Å². The van der Waals surface area contributed by atoms with Crippen molar-refractivity contribution in [1.82, 2.24) is 20.4 Å². The molecule has 5 heteroatoms. The minimum atomic E-state index is 0.746. The quantitative estimate of drug-likeness (QED) is 0.796. The Balaban J connectivity index is 1.59. The van der Waals surface area contributed by atoms with Gasteiger partial charge in [0.2, 0.25) is 5.89 Å². The Bertz CT molecular complexity index is 353. The van der Waals surface area contributed by atoms with Crippen molar-refractivity contribution in [2.75, 3.05) is 26.2 Å². The van der Waals surface area contributed by atoms with Crippen LogP contribution in [0.25, 0.3) is 0 Å². The van der Waals surface area contributed by atoms with Crippen molar-refractivity contribution in [3.8, 4) is 0 Å². The summed E-state index contributed by atoms with van der Waals surface area (Å²) in [5.41, 5.74) is 0. The molecule has 0 spiro atoms. The molecule has 1 N–H and O–H groups in total. The van der Waals surface area contributed by atoms with Crippen molar-refractivity contribution in [2.24, 2.45) is 11.8 Å². The standard InChI is InChI=1S/C11H18N4O/c1-2-11-13-10(14-16-11)7-15-5-8-3-12-4-9(8)6-15/h8-9,12H,2-7H2,1H3/t8-,9-/m0/s1. The van der Waals surface area contributed by atoms with Crippen molar-refractivity contribution in [1.29, 1.82) is 0 Å². The molecule has 0 aliphatic carbocycles. The third-order valence-corrected chi connectivity index (χ3v) is 3.64. The maximum absolute atomic E-state index is 5.12. The van der Waals surface area contributed by atoms with Gasteiger partial charge in [-0.25, -0.2) is 0 Å². The van der Waals surface area contributed by atoms with Gasteiger partial charge in [0.15, 0.2) is 5.82 Å². The van der Waals surface area contributed by atoms with Gasteiger partial charge in [-0.15, -0.1) is 0 Å². The number of aryl methyl sites for hydroxylation is 1. The van der Waals surface area contributed by atoms with Crippen LogP contribution in [0.1, 0.15) is 18.6 Å². The fourth-order valence-corrected chi connectivity index (χ4v) is 2.78. The van der Waals surface area contributed by atoms with Crippen LogP contribution in [0, 0.1) is 11.8 Å². The van der Waals surface area contributed by atoms with Gasteiger partial charge in [-0.2, -0.15) is 4.98 Å². The minimum absolute atomic E-state index is 0.746. The van der Waals surface area contributed by atoms with Crippen molar-refractivity contribution >= 4 is 0 Å². The van der Waals surface area contributed by atoms with Gasteiger partial charge < -0.3 is 9.84 Å². The Morgan fingerprint density at radius 1 is 1.38 bits per heavy atom. The zero-order valence-corrected chi connectivity index (χ0v) is 9.65. The van der Waals surface area contributed by atoms with Crippen molar-refractivity contribution < 1.29 is 4.52 Å². The lowest BCUT2D eigenvalue weighted by Crippen LogP contribution is -2.25. The molecular weight excluding hydrogens is 204 g/mol. The Labute approximate surface area is 95.2 Å². The summed E-state index contributed by atoms with van der Waals surface area (Å²) < 4.78 is 5.12. The molecular formula is C11H18N4O. The zero-order valence-electron chi connectivity index (χ0n) is 9.65. The number of hydrogen-bond acceptors (Lipinski definition) is 5. The summed E-state index contributed by atoms with van der Waals surface area (Å²) in [6, 6.07) is 0. The van der Waals surface area contributed by atoms with Crippen molar-refractivity contribution in [3.05, 3.63) is 11.7 Å². The van der Waals surface area contributed by atoms with Crippen LogP contribution in [-0.2, 0) is 13.0 Å². The molecule has 5 nitrogen and oxygen atoms in total. The van der Waals surface area contributed by atoms with Gasteiger partial charge in [-0.05, 0) is 24.9 Å². The minimum Gasteiger partial charge on any atom is -0.339 e. The van der Waals surface area contributed by atoms with Crippen molar-refractivity contribution in [2.45, 2.75) is 19.9 Å². The first kappa shape index (κ1) is 10.2. The van der Waals surface area contributed by atoms with Crippen LogP contribution >= 0.6 is 0 Å². The topological polar surface area (TPSA) is 54.2 Å². The van der Waals surface area contributed by atoms with E-state index in [2.05, 4.69) is 20.4 Å². The van der Waals surface area contributed by atoms with Gasteiger partial charge in [-0.1, -0.05) is 12.1 Å². The molecule has 0 radical (unpaired) electrons. The number of fused-ring (bicyclic) bond motifs is 1. The van der Waals surface area contributed by atoms with E-state index in [0.717, 1.165) is 36.5 Å². The summed E-state index contributed by atoms with van der Waals surface area (Å²) in [6.45, 7) is 7.57. The molecule has 0 aromatic carbocycles. The highest BCUT2D eigenvalue weighted by Crippen LogP contribution is 2.26. The van der Waals surface area contributed by atoms with Gasteiger partial charge in [-0.3, -0.25) is 4.90 Å². The Hall–Kier alpha value is -0.940. The van der Waals surface area contributed by atoms with E-state index in [1.54, 1.807) is 0 Å². The highest BCUT2D eigenvalue weighted by molar-refractivity contribution is 4.94. The summed E-state index contributed by atoms with van der Waals surface area (Å²) in [5.74, 6) is 3.25. The second-order valence-corrected chi connectivity index (χ2v) is 4.83. The monoisotopic (exact) mass is 222 g/mol.